The molecule has 8 bridgehead atoms. The van der Waals surface area contributed by atoms with Crippen LogP contribution in [0.25, 0.3) is 85.4 Å². The topological polar surface area (TPSA) is 152 Å². The van der Waals surface area contributed by atoms with Gasteiger partial charge in [0.1, 0.15) is 17.2 Å². The first kappa shape index (κ1) is 62.8. The molecular formula is C76H78N4O8. The molecule has 4 aromatic carbocycles. The number of hydrogen-bond acceptors (Lipinski definition) is 10. The molecule has 5 heterocycles. The number of carbonyl (C=O) groups is 4. The van der Waals surface area contributed by atoms with Crippen molar-refractivity contribution >= 4 is 70.2 Å². The van der Waals surface area contributed by atoms with Crippen molar-refractivity contribution in [3.63, 3.8) is 0 Å². The Labute approximate surface area is 516 Å². The summed E-state index contributed by atoms with van der Waals surface area (Å²) in [6.07, 6.45) is 16.5. The van der Waals surface area contributed by atoms with Gasteiger partial charge in [0.2, 0.25) is 0 Å². The second-order valence-corrected chi connectivity index (χ2v) is 23.1. The van der Waals surface area contributed by atoms with Crippen LogP contribution in [-0.4, -0.2) is 43.4 Å². The maximum absolute atomic E-state index is 14.6. The lowest BCUT2D eigenvalue weighted by Gasteiger charge is -2.18. The summed E-state index contributed by atoms with van der Waals surface area (Å²) >= 11 is 0. The number of aromatic amines is 1. The van der Waals surface area contributed by atoms with E-state index in [4.69, 9.17) is 28.9 Å². The van der Waals surface area contributed by atoms with Crippen molar-refractivity contribution in [2.75, 3.05) is 0 Å². The third-order valence-corrected chi connectivity index (χ3v) is 15.9. The van der Waals surface area contributed by atoms with Crippen LogP contribution in [0.2, 0.25) is 0 Å². The van der Waals surface area contributed by atoms with Crippen LogP contribution in [0.15, 0.2) is 174 Å². The number of esters is 4. The Morgan fingerprint density at radius 3 is 1.20 bits per heavy atom. The van der Waals surface area contributed by atoms with Crippen LogP contribution in [0.5, 0.6) is 23.0 Å². The molecule has 0 spiro atoms. The molecule has 3 aromatic heterocycles. The van der Waals surface area contributed by atoms with E-state index in [0.29, 0.717) is 98.6 Å². The molecule has 2 aliphatic rings. The molecule has 450 valence electrons. The highest BCUT2D eigenvalue weighted by Crippen LogP contribution is 2.53. The number of nitrogens with one attached hydrogen (secondary N) is 1. The van der Waals surface area contributed by atoms with E-state index in [2.05, 4.69) is 4.98 Å². The Kier molecular flexibility index (Phi) is 20.2. The minimum absolute atomic E-state index is 0.0659. The molecule has 0 aliphatic carbocycles. The summed E-state index contributed by atoms with van der Waals surface area (Å²) in [4.78, 5) is 72.2. The van der Waals surface area contributed by atoms with Gasteiger partial charge in [0.15, 0.2) is 5.75 Å². The van der Waals surface area contributed by atoms with E-state index in [1.165, 1.54) is 0 Å². The van der Waals surface area contributed by atoms with Crippen LogP contribution in [0, 0.1) is 23.7 Å². The Balaban J connectivity index is 1.59. The number of fused-ring (bicyclic) bond motifs is 8. The smallest absolute Gasteiger partial charge is 0.336 e. The standard InChI is InChI=1S/C76H78N4O8/c1-13-50(46(5)6)39-69(81)85-65-29-21-17-25-59(65)73-62-38-37-57(79-62)44-56-34-33-54(77-56)43-55-35-36-58(78-55)45-64-74(60-26-18-22-30-66(60)86-70(82)40-51(14-2)47(7)8)75(61-27-19-23-31-67(61)87-71(83)41-52(15-3)48(9)10)76(73)80(64)63-28-20-24-32-68(63)88-72(84)42-53(16-4)49(11)12/h17-49,77H,13-16H2,1-12H3. The van der Waals surface area contributed by atoms with Crippen molar-refractivity contribution < 1.29 is 38.1 Å². The maximum atomic E-state index is 14.6. The number of aromatic nitrogens is 4. The molecule has 0 unspecified atom stereocenters. The van der Waals surface area contributed by atoms with Crippen molar-refractivity contribution in [3.8, 4) is 62.1 Å². The zero-order valence-corrected chi connectivity index (χ0v) is 52.5. The zero-order valence-electron chi connectivity index (χ0n) is 52.5. The summed E-state index contributed by atoms with van der Waals surface area (Å²) in [6.45, 7) is 24.4. The van der Waals surface area contributed by atoms with Crippen LogP contribution in [0.1, 0.15) is 132 Å². The average Bonchev–Trinajstić information content (AvgIpc) is 1.58. The van der Waals surface area contributed by atoms with Gasteiger partial charge < -0.3 is 28.5 Å². The molecule has 12 heteroatoms. The first-order valence-electron chi connectivity index (χ1n) is 30.6. The van der Waals surface area contributed by atoms with Crippen LogP contribution in [0.3, 0.4) is 0 Å². The SMILES string of the molecule is CCC(=CC(=O)Oc1ccccc1-c1c(-c2ccccc2OC(=O)C=C(CC)C(C)C)c2c(-c3ccccc3OC(=O)C=C(CC)C(C)C)c3nc(cc4ccc(cc5nc(cc1n2-c1ccccc1OC(=O)C=C(CC)C(C)C)C=C5)[nH]4)C=C3)C(C)C. The zero-order chi connectivity index (χ0) is 62.8. The second-order valence-electron chi connectivity index (χ2n) is 23.1. The van der Waals surface area contributed by atoms with Crippen molar-refractivity contribution in [2.24, 2.45) is 23.7 Å². The summed E-state index contributed by atoms with van der Waals surface area (Å²) in [5.74, 6) is -1.17. The lowest BCUT2D eigenvalue weighted by atomic mass is 9.92. The summed E-state index contributed by atoms with van der Waals surface area (Å²) in [5, 5.41) is 0. The number of carbonyl (C=O) groups excluding carboxylic acids is 4. The number of nitrogens with zero attached hydrogens (tertiary/aromatic N) is 3. The van der Waals surface area contributed by atoms with Gasteiger partial charge in [-0.3, -0.25) is 0 Å². The first-order valence-corrected chi connectivity index (χ1v) is 30.6. The van der Waals surface area contributed by atoms with Crippen molar-refractivity contribution in [3.05, 3.63) is 197 Å². The fourth-order valence-electron chi connectivity index (χ4n) is 11.2. The van der Waals surface area contributed by atoms with E-state index < -0.39 is 23.9 Å². The van der Waals surface area contributed by atoms with E-state index in [0.717, 1.165) is 33.3 Å². The van der Waals surface area contributed by atoms with Gasteiger partial charge in [0, 0.05) is 68.7 Å². The third-order valence-electron chi connectivity index (χ3n) is 15.9. The van der Waals surface area contributed by atoms with Gasteiger partial charge in [0.05, 0.1) is 39.5 Å². The number of para-hydroxylation sites is 5. The van der Waals surface area contributed by atoms with Gasteiger partial charge in [-0.15, -0.1) is 0 Å². The monoisotopic (exact) mass is 1170 g/mol. The van der Waals surface area contributed by atoms with Crippen LogP contribution >= 0.6 is 0 Å². The number of H-pyrrole nitrogens is 1. The van der Waals surface area contributed by atoms with Gasteiger partial charge >= 0.3 is 23.9 Å². The van der Waals surface area contributed by atoms with Gasteiger partial charge in [-0.05, 0) is 134 Å². The van der Waals surface area contributed by atoms with E-state index in [1.54, 1.807) is 48.6 Å². The maximum Gasteiger partial charge on any atom is 0.336 e. The summed E-state index contributed by atoms with van der Waals surface area (Å²) in [7, 11) is 0. The highest BCUT2D eigenvalue weighted by atomic mass is 16.5. The molecule has 7 aromatic rings. The minimum atomic E-state index is -0.577. The first-order chi connectivity index (χ1) is 42.4. The molecule has 88 heavy (non-hydrogen) atoms. The van der Waals surface area contributed by atoms with Crippen molar-refractivity contribution in [1.82, 2.24) is 19.5 Å². The number of rotatable bonds is 20. The predicted molar refractivity (Wildman–Crippen MR) is 356 cm³/mol. The molecule has 0 atom stereocenters. The molecule has 0 saturated carbocycles. The molecule has 12 nitrogen and oxygen atoms in total. The normalized spacial score (nSPS) is 12.8. The average molecular weight is 1180 g/mol. The molecule has 0 amide bonds. The molecule has 9 rings (SSSR count). The lowest BCUT2D eigenvalue weighted by Crippen LogP contribution is -2.10. The van der Waals surface area contributed by atoms with Crippen molar-refractivity contribution in [2.45, 2.75) is 109 Å². The number of benzene rings is 4. The lowest BCUT2D eigenvalue weighted by molar-refractivity contribution is -0.130. The highest BCUT2D eigenvalue weighted by Gasteiger charge is 2.32. The van der Waals surface area contributed by atoms with Gasteiger partial charge in [0.25, 0.3) is 0 Å². The Hall–Kier alpha value is -9.68. The fraction of sp³-hybridized carbons (Fsp3) is 0.263. The Bertz CT molecular complexity index is 4190. The van der Waals surface area contributed by atoms with Crippen LogP contribution in [-0.2, 0) is 19.2 Å². The molecule has 0 saturated heterocycles. The van der Waals surface area contributed by atoms with Crippen LogP contribution in [0.4, 0.5) is 0 Å². The van der Waals surface area contributed by atoms with Crippen LogP contribution < -0.4 is 18.9 Å². The highest BCUT2D eigenvalue weighted by molar-refractivity contribution is 6.13. The quantitative estimate of drug-likeness (QED) is 0.0443. The summed E-state index contributed by atoms with van der Waals surface area (Å²) < 4.78 is 28.3. The largest absolute Gasteiger partial charge is 0.423 e. The molecule has 0 fully saturated rings. The third kappa shape index (κ3) is 14.4. The van der Waals surface area contributed by atoms with E-state index in [1.807, 2.05) is 215 Å². The van der Waals surface area contributed by atoms with Gasteiger partial charge in [-0.2, -0.15) is 0 Å². The Morgan fingerprint density at radius 2 is 0.773 bits per heavy atom. The fourth-order valence-corrected chi connectivity index (χ4v) is 11.2. The van der Waals surface area contributed by atoms with Gasteiger partial charge in [-0.1, -0.05) is 172 Å². The van der Waals surface area contributed by atoms with Crippen molar-refractivity contribution in [1.29, 1.82) is 0 Å². The van der Waals surface area contributed by atoms with E-state index >= 15 is 0 Å². The number of ether oxygens (including phenoxy) is 4. The number of hydrogen-bond donors (Lipinski definition) is 1. The molecule has 1 N–H and O–H groups in total. The predicted octanol–water partition coefficient (Wildman–Crippen LogP) is 18.7. The van der Waals surface area contributed by atoms with E-state index in [-0.39, 0.29) is 46.7 Å². The molecule has 0 radical (unpaired) electrons. The molecule has 2 aliphatic heterocycles. The summed E-state index contributed by atoms with van der Waals surface area (Å²) in [6, 6.07) is 39.1. The van der Waals surface area contributed by atoms with Gasteiger partial charge in [-0.25, -0.2) is 29.1 Å². The summed E-state index contributed by atoms with van der Waals surface area (Å²) in [5.41, 5.74) is 11.6. The van der Waals surface area contributed by atoms with E-state index in [9.17, 15) is 19.2 Å². The number of allylic oxidation sites excluding steroid dienone is 4. The molecular weight excluding hydrogens is 1100 g/mol. The minimum Gasteiger partial charge on any atom is -0.423 e. The second kappa shape index (κ2) is 28.2. The Morgan fingerprint density at radius 1 is 0.420 bits per heavy atom.